The predicted molar refractivity (Wildman–Crippen MR) is 101 cm³/mol. The molecule has 0 fully saturated rings. The molecule has 5 rings (SSSR count). The average Bonchev–Trinajstić information content (AvgIpc) is 3.25. The highest BCUT2D eigenvalue weighted by molar-refractivity contribution is 6.19. The van der Waals surface area contributed by atoms with Gasteiger partial charge in [0.25, 0.3) is 0 Å². The zero-order valence-corrected chi connectivity index (χ0v) is 14.1. The van der Waals surface area contributed by atoms with Gasteiger partial charge in [0, 0.05) is 40.5 Å². The van der Waals surface area contributed by atoms with Gasteiger partial charge in [-0.1, -0.05) is 24.3 Å². The minimum absolute atomic E-state index is 0.249. The van der Waals surface area contributed by atoms with Gasteiger partial charge >= 0.3 is 0 Å². The van der Waals surface area contributed by atoms with E-state index in [0.29, 0.717) is 6.42 Å². The molecule has 0 radical (unpaired) electrons. The Kier molecular flexibility index (Phi) is 3.22. The van der Waals surface area contributed by atoms with Crippen LogP contribution >= 0.6 is 0 Å². The lowest BCUT2D eigenvalue weighted by molar-refractivity contribution is 0.386. The van der Waals surface area contributed by atoms with Crippen LogP contribution < -0.4 is 4.74 Å². The van der Waals surface area contributed by atoms with Gasteiger partial charge in [-0.2, -0.15) is 0 Å². The Bertz CT molecular complexity index is 1270. The van der Waals surface area contributed by atoms with Gasteiger partial charge in [-0.15, -0.1) is 0 Å². The third kappa shape index (κ3) is 2.17. The highest BCUT2D eigenvalue weighted by atomic mass is 19.1. The average molecular weight is 345 g/mol. The summed E-state index contributed by atoms with van der Waals surface area (Å²) in [6.45, 7) is 0. The fourth-order valence-electron chi connectivity index (χ4n) is 3.63. The van der Waals surface area contributed by atoms with E-state index < -0.39 is 0 Å². The highest BCUT2D eigenvalue weighted by Gasteiger charge is 2.15. The molecule has 128 valence electrons. The third-order valence-corrected chi connectivity index (χ3v) is 4.83. The van der Waals surface area contributed by atoms with Crippen molar-refractivity contribution in [3.05, 3.63) is 71.9 Å². The number of pyridine rings is 1. The smallest absolute Gasteiger partial charge is 0.165 e. The number of para-hydroxylation sites is 1. The van der Waals surface area contributed by atoms with Crippen LogP contribution in [0.5, 0.6) is 5.75 Å². The fourth-order valence-corrected chi connectivity index (χ4v) is 3.63. The van der Waals surface area contributed by atoms with Crippen LogP contribution in [0.25, 0.3) is 32.7 Å². The maximum absolute atomic E-state index is 14.1. The molecule has 4 nitrogen and oxygen atoms in total. The number of fused-ring (bicyclic) bond motifs is 5. The van der Waals surface area contributed by atoms with E-state index in [1.165, 1.54) is 13.2 Å². The molecule has 2 aromatic carbocycles. The van der Waals surface area contributed by atoms with Crippen LogP contribution in [0.4, 0.5) is 4.39 Å². The van der Waals surface area contributed by atoms with Crippen LogP contribution in [0.1, 0.15) is 11.3 Å². The van der Waals surface area contributed by atoms with Gasteiger partial charge in [-0.05, 0) is 23.8 Å². The number of H-pyrrole nitrogens is 2. The molecule has 5 heteroatoms. The van der Waals surface area contributed by atoms with E-state index in [2.05, 4.69) is 22.1 Å². The van der Waals surface area contributed by atoms with E-state index in [1.54, 1.807) is 6.07 Å². The Balaban J connectivity index is 1.75. The summed E-state index contributed by atoms with van der Waals surface area (Å²) in [5.74, 6) is -0.112. The molecule has 0 saturated heterocycles. The molecule has 0 aliphatic carbocycles. The second-order valence-electron chi connectivity index (χ2n) is 6.38. The van der Waals surface area contributed by atoms with E-state index in [0.717, 1.165) is 44.0 Å². The first-order valence-electron chi connectivity index (χ1n) is 8.43. The second-order valence-corrected chi connectivity index (χ2v) is 6.38. The Morgan fingerprint density at radius 3 is 2.81 bits per heavy atom. The number of benzene rings is 2. The largest absolute Gasteiger partial charge is 0.494 e. The SMILES string of the molecule is COc1ccc(Cc2nc3c[nH]cc3c3c2[nH]c2ccccc23)cc1F. The third-order valence-electron chi connectivity index (χ3n) is 4.83. The van der Waals surface area contributed by atoms with E-state index in [1.807, 2.05) is 30.6 Å². The van der Waals surface area contributed by atoms with Gasteiger partial charge in [-0.25, -0.2) is 9.37 Å². The number of ether oxygens (including phenoxy) is 1. The van der Waals surface area contributed by atoms with Gasteiger partial charge in [0.15, 0.2) is 11.6 Å². The molecule has 0 amide bonds. The quantitative estimate of drug-likeness (QED) is 0.487. The van der Waals surface area contributed by atoms with Crippen molar-refractivity contribution in [1.29, 1.82) is 0 Å². The number of hydrogen-bond acceptors (Lipinski definition) is 2. The van der Waals surface area contributed by atoms with Crippen molar-refractivity contribution in [2.75, 3.05) is 7.11 Å². The molecule has 0 spiro atoms. The summed E-state index contributed by atoms with van der Waals surface area (Å²) in [5, 5.41) is 3.40. The van der Waals surface area contributed by atoms with Crippen molar-refractivity contribution in [2.24, 2.45) is 0 Å². The van der Waals surface area contributed by atoms with Crippen LogP contribution in [0.2, 0.25) is 0 Å². The summed E-state index contributed by atoms with van der Waals surface area (Å²) in [4.78, 5) is 11.4. The summed E-state index contributed by atoms with van der Waals surface area (Å²) < 4.78 is 19.1. The molecule has 3 aromatic heterocycles. The maximum Gasteiger partial charge on any atom is 0.165 e. The van der Waals surface area contributed by atoms with E-state index in [-0.39, 0.29) is 11.6 Å². The Hall–Kier alpha value is -3.34. The molecule has 3 heterocycles. The number of hydrogen-bond donors (Lipinski definition) is 2. The minimum atomic E-state index is -0.361. The summed E-state index contributed by atoms with van der Waals surface area (Å²) >= 11 is 0. The first-order valence-corrected chi connectivity index (χ1v) is 8.43. The minimum Gasteiger partial charge on any atom is -0.494 e. The number of nitrogens with one attached hydrogen (secondary N) is 2. The molecule has 26 heavy (non-hydrogen) atoms. The summed E-state index contributed by atoms with van der Waals surface area (Å²) in [6.07, 6.45) is 4.40. The number of nitrogens with zero attached hydrogens (tertiary/aromatic N) is 1. The lowest BCUT2D eigenvalue weighted by Gasteiger charge is -2.07. The Morgan fingerprint density at radius 1 is 1.08 bits per heavy atom. The van der Waals surface area contributed by atoms with Crippen LogP contribution in [-0.2, 0) is 6.42 Å². The summed E-state index contributed by atoms with van der Waals surface area (Å²) in [6, 6.07) is 13.3. The van der Waals surface area contributed by atoms with Gasteiger partial charge in [0.05, 0.1) is 23.8 Å². The van der Waals surface area contributed by atoms with E-state index >= 15 is 0 Å². The summed E-state index contributed by atoms with van der Waals surface area (Å²) in [7, 11) is 1.47. The fraction of sp³-hybridized carbons (Fsp3) is 0.0952. The first kappa shape index (κ1) is 15.0. The number of rotatable bonds is 3. The zero-order valence-electron chi connectivity index (χ0n) is 14.1. The van der Waals surface area contributed by atoms with Gasteiger partial charge in [-0.3, -0.25) is 0 Å². The molecule has 0 aliphatic rings. The molecule has 0 saturated carbocycles. The van der Waals surface area contributed by atoms with Crippen LogP contribution in [0, 0.1) is 5.82 Å². The van der Waals surface area contributed by atoms with Gasteiger partial charge in [0.2, 0.25) is 0 Å². The maximum atomic E-state index is 14.1. The molecule has 0 aliphatic heterocycles. The monoisotopic (exact) mass is 345 g/mol. The van der Waals surface area contributed by atoms with Crippen LogP contribution in [0.3, 0.4) is 0 Å². The topological polar surface area (TPSA) is 53.7 Å². The van der Waals surface area contributed by atoms with Crippen molar-refractivity contribution in [3.63, 3.8) is 0 Å². The zero-order chi connectivity index (χ0) is 17.7. The van der Waals surface area contributed by atoms with Crippen molar-refractivity contribution in [3.8, 4) is 5.75 Å². The number of aromatic nitrogens is 3. The molecule has 0 atom stereocenters. The molecular weight excluding hydrogens is 329 g/mol. The summed E-state index contributed by atoms with van der Waals surface area (Å²) in [5.41, 5.74) is 4.72. The van der Waals surface area contributed by atoms with Crippen molar-refractivity contribution in [1.82, 2.24) is 15.0 Å². The second kappa shape index (κ2) is 5.59. The molecular formula is C21H16FN3O. The normalized spacial score (nSPS) is 11.6. The lowest BCUT2D eigenvalue weighted by atomic mass is 10.0. The lowest BCUT2D eigenvalue weighted by Crippen LogP contribution is -1.96. The molecule has 0 bridgehead atoms. The van der Waals surface area contributed by atoms with E-state index in [4.69, 9.17) is 9.72 Å². The van der Waals surface area contributed by atoms with Gasteiger partial charge in [0.1, 0.15) is 0 Å². The Morgan fingerprint density at radius 2 is 1.96 bits per heavy atom. The van der Waals surface area contributed by atoms with Crippen LogP contribution in [-0.4, -0.2) is 22.1 Å². The van der Waals surface area contributed by atoms with E-state index in [9.17, 15) is 4.39 Å². The molecule has 2 N–H and O–H groups in total. The van der Waals surface area contributed by atoms with Crippen molar-refractivity contribution in [2.45, 2.75) is 6.42 Å². The number of methoxy groups -OCH3 is 1. The van der Waals surface area contributed by atoms with Crippen molar-refractivity contribution >= 4 is 32.7 Å². The standard InChI is InChI=1S/C21H16FN3O/c1-26-19-7-6-12(8-15(19)22)9-17-21-20(14-10-23-11-18(14)24-17)13-4-2-3-5-16(13)25-21/h2-8,10-11,23,25H,9H2,1H3. The highest BCUT2D eigenvalue weighted by Crippen LogP contribution is 2.34. The number of halogens is 1. The predicted octanol–water partition coefficient (Wildman–Crippen LogP) is 4.94. The van der Waals surface area contributed by atoms with Crippen LogP contribution in [0.15, 0.2) is 54.9 Å². The molecule has 5 aromatic rings. The molecule has 0 unspecified atom stereocenters. The Labute approximate surface area is 148 Å². The first-order chi connectivity index (χ1) is 12.7. The van der Waals surface area contributed by atoms with Gasteiger partial charge < -0.3 is 14.7 Å². The number of aromatic amines is 2. The van der Waals surface area contributed by atoms with Crippen molar-refractivity contribution < 1.29 is 9.13 Å².